The molecule has 3 fully saturated rings. The van der Waals surface area contributed by atoms with Crippen LogP contribution in [0.2, 0.25) is 0 Å². The summed E-state index contributed by atoms with van der Waals surface area (Å²) in [5.41, 5.74) is 2.26. The Morgan fingerprint density at radius 2 is 1.86 bits per heavy atom. The van der Waals surface area contributed by atoms with Gasteiger partial charge in [-0.1, -0.05) is 72.5 Å². The summed E-state index contributed by atoms with van der Waals surface area (Å²) in [4.78, 5) is 2.24. The topological polar surface area (TPSA) is 35.5 Å². The van der Waals surface area contributed by atoms with E-state index in [0.717, 1.165) is 54.8 Å². The standard InChI is InChI=1S/C32H57N2O/c1-9-30(34(7)8)33-29-20-24(35)19-23-13-14-25-27-16-15-26(22(4)12-10-11-21(2)3)31(27,5)18-17-28(25)32(23,29)6/h13,21-22,24-29,33,35H,9-12,14-20H2,1-8H3/t22-,24-,25+,26-,27+,28+,29?,31-,32+/m1/s1. The van der Waals surface area contributed by atoms with Crippen molar-refractivity contribution >= 4 is 0 Å². The summed E-state index contributed by atoms with van der Waals surface area (Å²) in [5, 5.41) is 14.8. The van der Waals surface area contributed by atoms with E-state index in [-0.39, 0.29) is 11.5 Å². The van der Waals surface area contributed by atoms with Crippen LogP contribution in [0.15, 0.2) is 11.6 Å². The van der Waals surface area contributed by atoms with Crippen molar-refractivity contribution < 1.29 is 5.11 Å². The molecule has 0 saturated heterocycles. The van der Waals surface area contributed by atoms with Crippen molar-refractivity contribution in [2.75, 3.05) is 14.1 Å². The zero-order valence-electron chi connectivity index (χ0n) is 24.4. The first kappa shape index (κ1) is 27.6. The molecule has 9 atom stereocenters. The van der Waals surface area contributed by atoms with Gasteiger partial charge in [-0.05, 0) is 106 Å². The predicted molar refractivity (Wildman–Crippen MR) is 149 cm³/mol. The van der Waals surface area contributed by atoms with Crippen LogP contribution in [0, 0.1) is 52.5 Å². The van der Waals surface area contributed by atoms with Gasteiger partial charge in [0.15, 0.2) is 0 Å². The molecule has 4 rings (SSSR count). The monoisotopic (exact) mass is 485 g/mol. The maximum atomic E-state index is 10.8. The van der Waals surface area contributed by atoms with Crippen molar-refractivity contribution in [1.82, 2.24) is 10.2 Å². The lowest BCUT2D eigenvalue weighted by Gasteiger charge is -2.61. The van der Waals surface area contributed by atoms with E-state index in [4.69, 9.17) is 0 Å². The number of hydrogen-bond donors (Lipinski definition) is 2. The zero-order valence-corrected chi connectivity index (χ0v) is 24.4. The van der Waals surface area contributed by atoms with Crippen LogP contribution in [-0.2, 0) is 0 Å². The Kier molecular flexibility index (Phi) is 8.51. The first-order valence-electron chi connectivity index (χ1n) is 15.2. The molecule has 4 aliphatic rings. The minimum atomic E-state index is -0.208. The Balaban J connectivity index is 1.55. The number of aliphatic hydroxyl groups is 1. The SMILES string of the molecule is CC[C](NC1C[C@H](O)CC2=CC[C@H]3[C@@H]4CC[C@H]([C@H](C)CCCC(C)C)[C@@]4(C)CC[C@@H]3[C@]21C)N(C)C. The molecule has 0 amide bonds. The lowest BCUT2D eigenvalue weighted by molar-refractivity contribution is -0.0698. The van der Waals surface area contributed by atoms with E-state index in [1.807, 2.05) is 0 Å². The third-order valence-corrected chi connectivity index (χ3v) is 11.6. The van der Waals surface area contributed by atoms with Crippen molar-refractivity contribution in [3.05, 3.63) is 17.8 Å². The fourth-order valence-electron chi connectivity index (χ4n) is 9.72. The molecular weight excluding hydrogens is 428 g/mol. The van der Waals surface area contributed by atoms with E-state index in [2.05, 4.69) is 71.9 Å². The molecule has 0 aromatic heterocycles. The largest absolute Gasteiger partial charge is 0.393 e. The van der Waals surface area contributed by atoms with Gasteiger partial charge in [0.2, 0.25) is 0 Å². The third kappa shape index (κ3) is 5.05. The number of fused-ring (bicyclic) bond motifs is 5. The molecule has 0 aliphatic heterocycles. The number of allylic oxidation sites excluding steroid dienone is 1. The molecule has 3 nitrogen and oxygen atoms in total. The molecule has 0 bridgehead atoms. The Morgan fingerprint density at radius 1 is 1.11 bits per heavy atom. The van der Waals surface area contributed by atoms with Crippen LogP contribution < -0.4 is 5.32 Å². The summed E-state index contributed by atoms with van der Waals surface area (Å²) in [6, 6.07) is 0.333. The van der Waals surface area contributed by atoms with Crippen molar-refractivity contribution in [3.8, 4) is 0 Å². The zero-order chi connectivity index (χ0) is 25.5. The van der Waals surface area contributed by atoms with E-state index in [9.17, 15) is 5.11 Å². The predicted octanol–water partition coefficient (Wildman–Crippen LogP) is 7.42. The van der Waals surface area contributed by atoms with Gasteiger partial charge in [0.25, 0.3) is 0 Å². The van der Waals surface area contributed by atoms with Gasteiger partial charge in [-0.3, -0.25) is 10.2 Å². The highest BCUT2D eigenvalue weighted by molar-refractivity contribution is 5.29. The Morgan fingerprint density at radius 3 is 2.51 bits per heavy atom. The summed E-state index contributed by atoms with van der Waals surface area (Å²) in [6.07, 6.45) is 17.6. The molecule has 201 valence electrons. The second kappa shape index (κ2) is 10.8. The fraction of sp³-hybridized carbons (Fsp3) is 0.906. The van der Waals surface area contributed by atoms with Gasteiger partial charge in [-0.25, -0.2) is 0 Å². The number of rotatable bonds is 9. The van der Waals surface area contributed by atoms with Crippen LogP contribution in [0.3, 0.4) is 0 Å². The smallest absolute Gasteiger partial charge is 0.103 e. The molecule has 0 aromatic carbocycles. The highest BCUT2D eigenvalue weighted by Gasteiger charge is 2.61. The first-order valence-corrected chi connectivity index (χ1v) is 15.2. The summed E-state index contributed by atoms with van der Waals surface area (Å²) >= 11 is 0. The number of nitrogens with one attached hydrogen (secondary N) is 1. The molecule has 1 unspecified atom stereocenters. The number of hydrogen-bond acceptors (Lipinski definition) is 3. The lowest BCUT2D eigenvalue weighted by Crippen LogP contribution is -2.60. The Bertz CT molecular complexity index is 746. The van der Waals surface area contributed by atoms with E-state index in [1.165, 1.54) is 57.5 Å². The molecular formula is C32H57N2O. The molecule has 3 saturated carbocycles. The van der Waals surface area contributed by atoms with Crippen molar-refractivity contribution in [1.29, 1.82) is 0 Å². The van der Waals surface area contributed by atoms with Gasteiger partial charge >= 0.3 is 0 Å². The van der Waals surface area contributed by atoms with Crippen LogP contribution in [0.25, 0.3) is 0 Å². The van der Waals surface area contributed by atoms with Gasteiger partial charge in [0.1, 0.15) is 6.17 Å². The minimum Gasteiger partial charge on any atom is -0.393 e. The van der Waals surface area contributed by atoms with Crippen LogP contribution in [0.1, 0.15) is 112 Å². The Labute approximate surface area is 217 Å². The maximum Gasteiger partial charge on any atom is 0.103 e. The molecule has 0 spiro atoms. The van der Waals surface area contributed by atoms with Crippen LogP contribution in [-0.4, -0.2) is 36.2 Å². The molecule has 4 aliphatic carbocycles. The lowest BCUT2D eigenvalue weighted by atomic mass is 9.46. The highest BCUT2D eigenvalue weighted by atomic mass is 16.3. The molecule has 1 radical (unpaired) electrons. The normalized spacial score (nSPS) is 42.1. The van der Waals surface area contributed by atoms with Crippen LogP contribution in [0.4, 0.5) is 0 Å². The highest BCUT2D eigenvalue weighted by Crippen LogP contribution is 2.67. The Hall–Kier alpha value is -0.380. The summed E-state index contributed by atoms with van der Waals surface area (Å²) in [5.74, 6) is 5.06. The molecule has 2 N–H and O–H groups in total. The second-order valence-electron chi connectivity index (χ2n) is 14.1. The van der Waals surface area contributed by atoms with E-state index in [0.29, 0.717) is 11.5 Å². The molecule has 35 heavy (non-hydrogen) atoms. The van der Waals surface area contributed by atoms with E-state index in [1.54, 1.807) is 5.57 Å². The summed E-state index contributed by atoms with van der Waals surface area (Å²) in [7, 11) is 4.31. The summed E-state index contributed by atoms with van der Waals surface area (Å²) in [6.45, 7) is 14.8. The number of aliphatic hydroxyl groups excluding tert-OH is 1. The van der Waals surface area contributed by atoms with Crippen molar-refractivity contribution in [2.24, 2.45) is 46.3 Å². The quantitative estimate of drug-likeness (QED) is 0.334. The molecule has 0 heterocycles. The average Bonchev–Trinajstić information content (AvgIpc) is 3.14. The first-order chi connectivity index (χ1) is 16.5. The van der Waals surface area contributed by atoms with Crippen molar-refractivity contribution in [3.63, 3.8) is 0 Å². The fourth-order valence-corrected chi connectivity index (χ4v) is 9.72. The third-order valence-electron chi connectivity index (χ3n) is 11.6. The number of nitrogens with zero attached hydrogens (tertiary/aromatic N) is 1. The minimum absolute atomic E-state index is 0.168. The molecule has 0 aromatic rings. The molecule has 3 heteroatoms. The average molecular weight is 486 g/mol. The summed E-state index contributed by atoms with van der Waals surface area (Å²) < 4.78 is 0. The second-order valence-corrected chi connectivity index (χ2v) is 14.1. The van der Waals surface area contributed by atoms with E-state index < -0.39 is 0 Å². The van der Waals surface area contributed by atoms with Crippen molar-refractivity contribution in [2.45, 2.75) is 124 Å². The maximum absolute atomic E-state index is 10.8. The van der Waals surface area contributed by atoms with Crippen LogP contribution in [0.5, 0.6) is 0 Å². The van der Waals surface area contributed by atoms with E-state index >= 15 is 0 Å². The van der Waals surface area contributed by atoms with Gasteiger partial charge in [0, 0.05) is 11.5 Å². The van der Waals surface area contributed by atoms with Gasteiger partial charge in [-0.15, -0.1) is 0 Å². The van der Waals surface area contributed by atoms with Gasteiger partial charge in [0.05, 0.1) is 6.10 Å². The van der Waals surface area contributed by atoms with Gasteiger partial charge < -0.3 is 5.11 Å². The van der Waals surface area contributed by atoms with Gasteiger partial charge in [-0.2, -0.15) is 0 Å². The van der Waals surface area contributed by atoms with Crippen LogP contribution >= 0.6 is 0 Å².